The fourth-order valence-electron chi connectivity index (χ4n) is 1.56. The Morgan fingerprint density at radius 3 is 2.93 bits per heavy atom. The highest BCUT2D eigenvalue weighted by atomic mass is 32.1. The number of ketones is 1. The summed E-state index contributed by atoms with van der Waals surface area (Å²) < 4.78 is 5.13. The first-order valence-electron chi connectivity index (χ1n) is 4.43. The van der Waals surface area contributed by atoms with Gasteiger partial charge in [0.25, 0.3) is 0 Å². The molecule has 1 aliphatic heterocycles. The van der Waals surface area contributed by atoms with Gasteiger partial charge >= 0.3 is 5.97 Å². The minimum absolute atomic E-state index is 0.103. The topological polar surface area (TPSA) is 43.4 Å². The molecule has 2 heterocycles. The average molecular weight is 210 g/mol. The molecule has 74 valence electrons. The first kappa shape index (κ1) is 9.40. The maximum atomic E-state index is 11.3. The Morgan fingerprint density at radius 2 is 2.43 bits per heavy atom. The number of hydrogen-bond acceptors (Lipinski definition) is 4. The smallest absolute Gasteiger partial charge is 0.317 e. The molecule has 3 nitrogen and oxygen atoms in total. The molecule has 0 aromatic carbocycles. The minimum atomic E-state index is -0.554. The number of ether oxygens (including phenoxy) is 1. The monoisotopic (exact) mass is 210 g/mol. The van der Waals surface area contributed by atoms with Crippen LogP contribution < -0.4 is 0 Å². The molecule has 1 aromatic heterocycles. The van der Waals surface area contributed by atoms with E-state index in [-0.39, 0.29) is 17.9 Å². The molecule has 0 aliphatic carbocycles. The number of hydrogen-bond donors (Lipinski definition) is 0. The maximum absolute atomic E-state index is 11.3. The highest BCUT2D eigenvalue weighted by Gasteiger charge is 2.38. The van der Waals surface area contributed by atoms with Gasteiger partial charge in [0.1, 0.15) is 17.8 Å². The highest BCUT2D eigenvalue weighted by Crippen LogP contribution is 2.35. The van der Waals surface area contributed by atoms with Gasteiger partial charge in [-0.3, -0.25) is 9.59 Å². The van der Waals surface area contributed by atoms with Crippen molar-refractivity contribution in [3.8, 4) is 0 Å². The third-order valence-electron chi connectivity index (χ3n) is 2.34. The molecule has 1 aromatic rings. The lowest BCUT2D eigenvalue weighted by atomic mass is 10.0. The van der Waals surface area contributed by atoms with Crippen LogP contribution in [0.3, 0.4) is 0 Å². The second-order valence-corrected chi connectivity index (χ2v) is 4.32. The van der Waals surface area contributed by atoms with E-state index in [1.54, 1.807) is 11.3 Å². The standard InChI is InChI=1S/C10H10O3S/c1-6(11)7-5-8(13-10(7)12)9-3-2-4-14-9/h2-4,7-8H,5H2,1H3. The van der Waals surface area contributed by atoms with Gasteiger partial charge in [0.2, 0.25) is 0 Å². The first-order chi connectivity index (χ1) is 6.68. The lowest BCUT2D eigenvalue weighted by molar-refractivity contribution is -0.146. The number of esters is 1. The summed E-state index contributed by atoms with van der Waals surface area (Å²) >= 11 is 1.55. The molecule has 0 radical (unpaired) electrons. The quantitative estimate of drug-likeness (QED) is 0.553. The normalized spacial score (nSPS) is 26.2. The Balaban J connectivity index is 2.14. The van der Waals surface area contributed by atoms with Gasteiger partial charge in [0.15, 0.2) is 0 Å². The van der Waals surface area contributed by atoms with Crippen LogP contribution in [-0.4, -0.2) is 11.8 Å². The van der Waals surface area contributed by atoms with Crippen molar-refractivity contribution in [2.75, 3.05) is 0 Å². The number of carbonyl (C=O) groups is 2. The van der Waals surface area contributed by atoms with Crippen LogP contribution in [0.15, 0.2) is 17.5 Å². The van der Waals surface area contributed by atoms with Crippen molar-refractivity contribution in [1.82, 2.24) is 0 Å². The van der Waals surface area contributed by atoms with Crippen LogP contribution in [0, 0.1) is 5.92 Å². The molecule has 1 saturated heterocycles. The molecular weight excluding hydrogens is 200 g/mol. The van der Waals surface area contributed by atoms with E-state index in [1.165, 1.54) is 6.92 Å². The van der Waals surface area contributed by atoms with Crippen molar-refractivity contribution in [1.29, 1.82) is 0 Å². The zero-order valence-corrected chi connectivity index (χ0v) is 8.54. The molecule has 0 bridgehead atoms. The second kappa shape index (κ2) is 3.53. The Kier molecular flexibility index (Phi) is 2.37. The summed E-state index contributed by atoms with van der Waals surface area (Å²) in [5.74, 6) is -1.04. The predicted molar refractivity (Wildman–Crippen MR) is 51.9 cm³/mol. The van der Waals surface area contributed by atoms with Crippen LogP contribution in [0.4, 0.5) is 0 Å². The van der Waals surface area contributed by atoms with Crippen molar-refractivity contribution in [3.63, 3.8) is 0 Å². The van der Waals surface area contributed by atoms with E-state index in [0.29, 0.717) is 6.42 Å². The first-order valence-corrected chi connectivity index (χ1v) is 5.31. The van der Waals surface area contributed by atoms with E-state index < -0.39 is 5.92 Å². The summed E-state index contributed by atoms with van der Waals surface area (Å²) in [5, 5.41) is 1.93. The second-order valence-electron chi connectivity index (χ2n) is 3.34. The van der Waals surface area contributed by atoms with Gasteiger partial charge in [-0.15, -0.1) is 11.3 Å². The molecule has 0 N–H and O–H groups in total. The van der Waals surface area contributed by atoms with Crippen LogP contribution >= 0.6 is 11.3 Å². The van der Waals surface area contributed by atoms with Gasteiger partial charge in [0, 0.05) is 11.3 Å². The Hall–Kier alpha value is -1.16. The van der Waals surface area contributed by atoms with Crippen LogP contribution in [-0.2, 0) is 14.3 Å². The van der Waals surface area contributed by atoms with Crippen molar-refractivity contribution >= 4 is 23.1 Å². The third-order valence-corrected chi connectivity index (χ3v) is 3.31. The Bertz CT molecular complexity index is 355. The molecule has 2 rings (SSSR count). The summed E-state index contributed by atoms with van der Waals surface area (Å²) in [6, 6.07) is 3.83. The van der Waals surface area contributed by atoms with E-state index >= 15 is 0 Å². The van der Waals surface area contributed by atoms with Crippen LogP contribution in [0.25, 0.3) is 0 Å². The Labute approximate surface area is 85.7 Å². The maximum Gasteiger partial charge on any atom is 0.317 e. The van der Waals surface area contributed by atoms with Crippen LogP contribution in [0.5, 0.6) is 0 Å². The zero-order valence-electron chi connectivity index (χ0n) is 7.73. The molecular formula is C10H10O3S. The zero-order chi connectivity index (χ0) is 10.1. The van der Waals surface area contributed by atoms with E-state index in [9.17, 15) is 9.59 Å². The van der Waals surface area contributed by atoms with E-state index in [0.717, 1.165) is 4.88 Å². The molecule has 4 heteroatoms. The van der Waals surface area contributed by atoms with Crippen LogP contribution in [0.2, 0.25) is 0 Å². The average Bonchev–Trinajstić information content (AvgIpc) is 2.70. The number of carbonyl (C=O) groups excluding carboxylic acids is 2. The fraction of sp³-hybridized carbons (Fsp3) is 0.400. The van der Waals surface area contributed by atoms with Gasteiger partial charge in [-0.05, 0) is 18.4 Å². The SMILES string of the molecule is CC(=O)C1CC(c2cccs2)OC1=O. The molecule has 2 unspecified atom stereocenters. The van der Waals surface area contributed by atoms with E-state index in [2.05, 4.69) is 0 Å². The molecule has 14 heavy (non-hydrogen) atoms. The summed E-state index contributed by atoms with van der Waals surface area (Å²) in [6.45, 7) is 1.43. The van der Waals surface area contributed by atoms with Gasteiger partial charge in [-0.1, -0.05) is 6.07 Å². The summed E-state index contributed by atoms with van der Waals surface area (Å²) in [6.07, 6.45) is 0.283. The minimum Gasteiger partial charge on any atom is -0.456 e. The van der Waals surface area contributed by atoms with Crippen molar-refractivity contribution < 1.29 is 14.3 Å². The lowest BCUT2D eigenvalue weighted by Crippen LogP contribution is -2.15. The number of rotatable bonds is 2. The molecule has 0 amide bonds. The third kappa shape index (κ3) is 1.57. The van der Waals surface area contributed by atoms with Crippen molar-refractivity contribution in [3.05, 3.63) is 22.4 Å². The van der Waals surface area contributed by atoms with Gasteiger partial charge in [0.05, 0.1) is 0 Å². The van der Waals surface area contributed by atoms with Crippen molar-refractivity contribution in [2.24, 2.45) is 5.92 Å². The van der Waals surface area contributed by atoms with E-state index in [4.69, 9.17) is 4.74 Å². The predicted octanol–water partition coefficient (Wildman–Crippen LogP) is 1.94. The summed E-state index contributed by atoms with van der Waals surface area (Å²) in [4.78, 5) is 23.4. The number of Topliss-reactive ketones (excluding diaryl/α,β-unsaturated/α-hetero) is 1. The largest absolute Gasteiger partial charge is 0.456 e. The summed E-state index contributed by atoms with van der Waals surface area (Å²) in [7, 11) is 0. The molecule has 2 atom stereocenters. The van der Waals surface area contributed by atoms with Crippen molar-refractivity contribution in [2.45, 2.75) is 19.4 Å². The molecule has 0 saturated carbocycles. The summed E-state index contributed by atoms with van der Waals surface area (Å²) in [5.41, 5.74) is 0. The van der Waals surface area contributed by atoms with Gasteiger partial charge in [-0.2, -0.15) is 0 Å². The number of cyclic esters (lactones) is 1. The Morgan fingerprint density at radius 1 is 1.64 bits per heavy atom. The van der Waals surface area contributed by atoms with Gasteiger partial charge in [-0.25, -0.2) is 0 Å². The lowest BCUT2D eigenvalue weighted by Gasteiger charge is -2.04. The molecule has 0 spiro atoms. The molecule has 1 fully saturated rings. The van der Waals surface area contributed by atoms with E-state index in [1.807, 2.05) is 17.5 Å². The molecule has 1 aliphatic rings. The highest BCUT2D eigenvalue weighted by molar-refractivity contribution is 7.10. The van der Waals surface area contributed by atoms with Crippen LogP contribution in [0.1, 0.15) is 24.3 Å². The van der Waals surface area contributed by atoms with Gasteiger partial charge < -0.3 is 4.74 Å². The fourth-order valence-corrected chi connectivity index (χ4v) is 2.33. The number of thiophene rings is 1.